The third kappa shape index (κ3) is 7.80. The Hall–Kier alpha value is -0.830. The Morgan fingerprint density at radius 3 is 2.64 bits per heavy atom. The lowest BCUT2D eigenvalue weighted by molar-refractivity contribution is -0.138. The van der Waals surface area contributed by atoms with Crippen LogP contribution in [0.15, 0.2) is 12.7 Å². The standard InChI is InChI=1S/C11H21NO2/c1-3-5-6-7-8-9-12(4-2)10-11(13)14/h3H,1,4-10H2,2H3,(H,13,14). The van der Waals surface area contributed by atoms with Crippen LogP contribution in [0.3, 0.4) is 0 Å². The van der Waals surface area contributed by atoms with Gasteiger partial charge in [-0.25, -0.2) is 0 Å². The Morgan fingerprint density at radius 1 is 1.43 bits per heavy atom. The van der Waals surface area contributed by atoms with Crippen molar-refractivity contribution in [2.75, 3.05) is 19.6 Å². The lowest BCUT2D eigenvalue weighted by Gasteiger charge is -2.17. The van der Waals surface area contributed by atoms with Crippen molar-refractivity contribution in [2.24, 2.45) is 0 Å². The van der Waals surface area contributed by atoms with Gasteiger partial charge in [0, 0.05) is 0 Å². The van der Waals surface area contributed by atoms with Gasteiger partial charge in [-0.2, -0.15) is 0 Å². The predicted molar refractivity (Wildman–Crippen MR) is 58.4 cm³/mol. The van der Waals surface area contributed by atoms with Crippen LogP contribution in [0.4, 0.5) is 0 Å². The zero-order chi connectivity index (χ0) is 10.8. The maximum atomic E-state index is 10.4. The molecule has 0 amide bonds. The van der Waals surface area contributed by atoms with Gasteiger partial charge in [0.05, 0.1) is 6.54 Å². The van der Waals surface area contributed by atoms with Crippen LogP contribution in [0.2, 0.25) is 0 Å². The summed E-state index contributed by atoms with van der Waals surface area (Å²) in [5.41, 5.74) is 0. The van der Waals surface area contributed by atoms with Gasteiger partial charge in [-0.1, -0.05) is 19.4 Å². The van der Waals surface area contributed by atoms with E-state index in [2.05, 4.69) is 6.58 Å². The summed E-state index contributed by atoms with van der Waals surface area (Å²) in [7, 11) is 0. The molecule has 0 aliphatic rings. The first-order chi connectivity index (χ1) is 6.70. The molecule has 0 fully saturated rings. The number of aliphatic carboxylic acids is 1. The van der Waals surface area contributed by atoms with E-state index in [4.69, 9.17) is 5.11 Å². The predicted octanol–water partition coefficient (Wildman–Crippen LogP) is 2.14. The minimum atomic E-state index is -0.738. The largest absolute Gasteiger partial charge is 0.480 e. The number of carboxylic acid groups (broad SMARTS) is 1. The molecule has 0 rings (SSSR count). The molecule has 0 saturated carbocycles. The highest BCUT2D eigenvalue weighted by molar-refractivity contribution is 5.69. The molecule has 0 unspecified atom stereocenters. The van der Waals surface area contributed by atoms with Crippen LogP contribution in [0.5, 0.6) is 0 Å². The van der Waals surface area contributed by atoms with Crippen LogP contribution in [0.1, 0.15) is 32.6 Å². The van der Waals surface area contributed by atoms with E-state index in [1.807, 2.05) is 17.9 Å². The Kier molecular flexibility index (Phi) is 8.24. The van der Waals surface area contributed by atoms with E-state index in [1.165, 1.54) is 0 Å². The van der Waals surface area contributed by atoms with Crippen molar-refractivity contribution in [2.45, 2.75) is 32.6 Å². The first-order valence-corrected chi connectivity index (χ1v) is 5.25. The molecule has 0 aliphatic carbocycles. The summed E-state index contributed by atoms with van der Waals surface area (Å²) in [6, 6.07) is 0. The number of allylic oxidation sites excluding steroid dienone is 1. The van der Waals surface area contributed by atoms with Gasteiger partial charge in [0.2, 0.25) is 0 Å². The average molecular weight is 199 g/mol. The van der Waals surface area contributed by atoms with Crippen LogP contribution < -0.4 is 0 Å². The molecule has 14 heavy (non-hydrogen) atoms. The molecule has 0 atom stereocenters. The highest BCUT2D eigenvalue weighted by Crippen LogP contribution is 2.01. The van der Waals surface area contributed by atoms with E-state index < -0.39 is 5.97 Å². The molecule has 3 heteroatoms. The second-order valence-corrected chi connectivity index (χ2v) is 3.40. The molecule has 1 N–H and O–H groups in total. The second kappa shape index (κ2) is 8.75. The smallest absolute Gasteiger partial charge is 0.317 e. The quantitative estimate of drug-likeness (QED) is 0.457. The van der Waals surface area contributed by atoms with Gasteiger partial charge in [0.15, 0.2) is 0 Å². The zero-order valence-corrected chi connectivity index (χ0v) is 9.04. The number of hydrogen-bond donors (Lipinski definition) is 1. The van der Waals surface area contributed by atoms with Crippen molar-refractivity contribution in [3.05, 3.63) is 12.7 Å². The molecule has 0 aliphatic heterocycles. The van der Waals surface area contributed by atoms with E-state index in [1.54, 1.807) is 0 Å². The molecule has 0 bridgehead atoms. The Labute approximate surface area is 86.4 Å². The summed E-state index contributed by atoms with van der Waals surface area (Å²) in [4.78, 5) is 12.4. The SMILES string of the molecule is C=CCCCCCN(CC)CC(=O)O. The lowest BCUT2D eigenvalue weighted by Crippen LogP contribution is -2.30. The highest BCUT2D eigenvalue weighted by Gasteiger charge is 2.05. The average Bonchev–Trinajstić information content (AvgIpc) is 2.15. The summed E-state index contributed by atoms with van der Waals surface area (Å²) in [6.07, 6.45) is 6.38. The number of likely N-dealkylation sites (N-methyl/N-ethyl adjacent to an activating group) is 1. The fourth-order valence-electron chi connectivity index (χ4n) is 1.34. The second-order valence-electron chi connectivity index (χ2n) is 3.40. The van der Waals surface area contributed by atoms with E-state index >= 15 is 0 Å². The first kappa shape index (κ1) is 13.2. The van der Waals surface area contributed by atoms with Crippen LogP contribution in [-0.4, -0.2) is 35.6 Å². The summed E-state index contributed by atoms with van der Waals surface area (Å²) >= 11 is 0. The Morgan fingerprint density at radius 2 is 2.14 bits per heavy atom. The van der Waals surface area contributed by atoms with E-state index in [0.717, 1.165) is 38.8 Å². The molecule has 0 aromatic rings. The molecular formula is C11H21NO2. The third-order valence-corrected chi connectivity index (χ3v) is 2.19. The van der Waals surface area contributed by atoms with Gasteiger partial charge in [-0.05, 0) is 32.4 Å². The van der Waals surface area contributed by atoms with Crippen LogP contribution in [-0.2, 0) is 4.79 Å². The molecule has 82 valence electrons. The molecular weight excluding hydrogens is 178 g/mol. The monoisotopic (exact) mass is 199 g/mol. The number of unbranched alkanes of at least 4 members (excludes halogenated alkanes) is 3. The van der Waals surface area contributed by atoms with Crippen molar-refractivity contribution in [3.63, 3.8) is 0 Å². The fourth-order valence-corrected chi connectivity index (χ4v) is 1.34. The molecule has 0 radical (unpaired) electrons. The molecule has 3 nitrogen and oxygen atoms in total. The number of hydrogen-bond acceptors (Lipinski definition) is 2. The minimum absolute atomic E-state index is 0.165. The van der Waals surface area contributed by atoms with Gasteiger partial charge in [-0.15, -0.1) is 6.58 Å². The van der Waals surface area contributed by atoms with Gasteiger partial charge < -0.3 is 5.11 Å². The van der Waals surface area contributed by atoms with Crippen molar-refractivity contribution < 1.29 is 9.90 Å². The van der Waals surface area contributed by atoms with Gasteiger partial charge in [-0.3, -0.25) is 9.69 Å². The lowest BCUT2D eigenvalue weighted by atomic mass is 10.2. The summed E-state index contributed by atoms with van der Waals surface area (Å²) in [5, 5.41) is 8.60. The molecule has 0 heterocycles. The van der Waals surface area contributed by atoms with Crippen molar-refractivity contribution in [1.82, 2.24) is 4.90 Å². The number of rotatable bonds is 9. The summed E-state index contributed by atoms with van der Waals surface area (Å²) in [6.45, 7) is 7.52. The molecule has 0 saturated heterocycles. The molecule has 0 aromatic heterocycles. The van der Waals surface area contributed by atoms with Crippen molar-refractivity contribution in [3.8, 4) is 0 Å². The summed E-state index contributed by atoms with van der Waals surface area (Å²) < 4.78 is 0. The van der Waals surface area contributed by atoms with E-state index in [-0.39, 0.29) is 6.54 Å². The van der Waals surface area contributed by atoms with Gasteiger partial charge >= 0.3 is 5.97 Å². The van der Waals surface area contributed by atoms with E-state index in [9.17, 15) is 4.79 Å². The van der Waals surface area contributed by atoms with Crippen LogP contribution >= 0.6 is 0 Å². The highest BCUT2D eigenvalue weighted by atomic mass is 16.4. The molecule has 0 spiro atoms. The van der Waals surface area contributed by atoms with Gasteiger partial charge in [0.25, 0.3) is 0 Å². The van der Waals surface area contributed by atoms with Gasteiger partial charge in [0.1, 0.15) is 0 Å². The number of nitrogens with zero attached hydrogens (tertiary/aromatic N) is 1. The van der Waals surface area contributed by atoms with Crippen molar-refractivity contribution >= 4 is 5.97 Å². The maximum Gasteiger partial charge on any atom is 0.317 e. The Bertz CT molecular complexity index is 169. The maximum absolute atomic E-state index is 10.4. The third-order valence-electron chi connectivity index (χ3n) is 2.19. The minimum Gasteiger partial charge on any atom is -0.480 e. The fraction of sp³-hybridized carbons (Fsp3) is 0.727. The zero-order valence-electron chi connectivity index (χ0n) is 9.04. The number of carboxylic acids is 1. The van der Waals surface area contributed by atoms with E-state index in [0.29, 0.717) is 0 Å². The van der Waals surface area contributed by atoms with Crippen molar-refractivity contribution in [1.29, 1.82) is 0 Å². The molecule has 0 aromatic carbocycles. The normalized spacial score (nSPS) is 10.4. The topological polar surface area (TPSA) is 40.5 Å². The van der Waals surface area contributed by atoms with Crippen LogP contribution in [0, 0.1) is 0 Å². The summed E-state index contributed by atoms with van der Waals surface area (Å²) in [5.74, 6) is -0.738. The first-order valence-electron chi connectivity index (χ1n) is 5.25. The van der Waals surface area contributed by atoms with Crippen LogP contribution in [0.25, 0.3) is 0 Å². The Balaban J connectivity index is 3.42. The number of carbonyl (C=O) groups is 1.